The van der Waals surface area contributed by atoms with Gasteiger partial charge in [0.15, 0.2) is 0 Å². The van der Waals surface area contributed by atoms with Crippen LogP contribution >= 0.6 is 11.3 Å². The second kappa shape index (κ2) is 14.2. The van der Waals surface area contributed by atoms with E-state index < -0.39 is 0 Å². The van der Waals surface area contributed by atoms with Gasteiger partial charge in [0.2, 0.25) is 5.91 Å². The number of nitrogens with one attached hydrogen (secondary N) is 1. The van der Waals surface area contributed by atoms with Crippen LogP contribution in [0.2, 0.25) is 0 Å². The molecule has 0 radical (unpaired) electrons. The molecule has 1 N–H and O–H groups in total. The normalized spacial score (nSPS) is 14.1. The van der Waals surface area contributed by atoms with Gasteiger partial charge in [0.25, 0.3) is 11.8 Å². The molecule has 1 aliphatic heterocycles. The topological polar surface area (TPSA) is 73.0 Å². The molecule has 0 aliphatic carbocycles. The van der Waals surface area contributed by atoms with E-state index in [2.05, 4.69) is 17.1 Å². The molecule has 5 rings (SSSR count). The van der Waals surface area contributed by atoms with Crippen molar-refractivity contribution in [1.29, 1.82) is 0 Å². The largest absolute Gasteiger partial charge is 0.369 e. The first-order valence-electron chi connectivity index (χ1n) is 14.8. The number of amides is 3. The van der Waals surface area contributed by atoms with Gasteiger partial charge in [-0.2, -0.15) is 0 Å². The van der Waals surface area contributed by atoms with Crippen molar-refractivity contribution in [1.82, 2.24) is 9.80 Å². The summed E-state index contributed by atoms with van der Waals surface area (Å²) in [4.78, 5) is 46.9. The van der Waals surface area contributed by atoms with E-state index in [0.29, 0.717) is 42.3 Å². The van der Waals surface area contributed by atoms with Crippen LogP contribution in [-0.4, -0.2) is 60.7 Å². The number of benzene rings is 3. The molecule has 1 atom stereocenters. The van der Waals surface area contributed by atoms with Crippen LogP contribution in [0.15, 0.2) is 96.4 Å². The second-order valence-electron chi connectivity index (χ2n) is 10.8. The van der Waals surface area contributed by atoms with Crippen LogP contribution in [-0.2, 0) is 11.3 Å². The molecule has 3 amide bonds. The van der Waals surface area contributed by atoms with Crippen LogP contribution in [0.25, 0.3) is 0 Å². The van der Waals surface area contributed by atoms with Gasteiger partial charge >= 0.3 is 0 Å². The summed E-state index contributed by atoms with van der Waals surface area (Å²) in [6.07, 6.45) is 1.54. The highest BCUT2D eigenvalue weighted by Crippen LogP contribution is 2.29. The minimum absolute atomic E-state index is 0.127. The Labute approximate surface area is 257 Å². The first-order valence-corrected chi connectivity index (χ1v) is 15.7. The summed E-state index contributed by atoms with van der Waals surface area (Å²) < 4.78 is 0. The molecule has 1 unspecified atom stereocenters. The third kappa shape index (κ3) is 7.32. The fraction of sp³-hybridized carbons (Fsp3) is 0.286. The lowest BCUT2D eigenvalue weighted by Crippen LogP contribution is -2.38. The van der Waals surface area contributed by atoms with E-state index in [4.69, 9.17) is 0 Å². The number of thiophene rings is 1. The smallest absolute Gasteiger partial charge is 0.265 e. The van der Waals surface area contributed by atoms with Gasteiger partial charge in [-0.15, -0.1) is 11.3 Å². The summed E-state index contributed by atoms with van der Waals surface area (Å²) in [6.45, 7) is 5.10. The fourth-order valence-electron chi connectivity index (χ4n) is 5.63. The average molecular weight is 595 g/mol. The first kappa shape index (κ1) is 30.0. The van der Waals surface area contributed by atoms with Gasteiger partial charge < -0.3 is 20.0 Å². The molecule has 4 aromatic rings. The molecule has 1 fully saturated rings. The van der Waals surface area contributed by atoms with Crippen LogP contribution in [0.1, 0.15) is 56.8 Å². The molecule has 1 aromatic heterocycles. The van der Waals surface area contributed by atoms with Crippen molar-refractivity contribution in [3.05, 3.63) is 118 Å². The summed E-state index contributed by atoms with van der Waals surface area (Å²) in [5, 5.41) is 4.82. The highest BCUT2D eigenvalue weighted by atomic mass is 32.1. The zero-order valence-corrected chi connectivity index (χ0v) is 25.6. The summed E-state index contributed by atoms with van der Waals surface area (Å²) in [6, 6.07) is 29.0. The number of rotatable bonds is 9. The van der Waals surface area contributed by atoms with Crippen molar-refractivity contribution in [3.63, 3.8) is 0 Å². The molecule has 0 saturated carbocycles. The van der Waals surface area contributed by atoms with Gasteiger partial charge in [0.05, 0.1) is 16.4 Å². The Balaban J connectivity index is 1.38. The second-order valence-corrected chi connectivity index (χ2v) is 11.8. The molecule has 1 saturated heterocycles. The molecular weight excluding hydrogens is 556 g/mol. The number of nitrogens with zero attached hydrogens (tertiary/aromatic N) is 3. The summed E-state index contributed by atoms with van der Waals surface area (Å²) in [5.74, 6) is -0.339. The highest BCUT2D eigenvalue weighted by Gasteiger charge is 2.28. The van der Waals surface area contributed by atoms with Crippen molar-refractivity contribution in [2.75, 3.05) is 43.4 Å². The molecule has 1 aliphatic rings. The molecule has 222 valence electrons. The molecule has 7 nitrogen and oxygen atoms in total. The van der Waals surface area contributed by atoms with E-state index in [9.17, 15) is 14.4 Å². The SMILES string of the molecule is CCC(C(=O)N1CCCN(c2ccc(NC(=O)c3cccs3)cc2C(=O)N(C)Cc2ccccc2)CC1)c1ccccc1. The molecule has 3 aromatic carbocycles. The van der Waals surface area contributed by atoms with E-state index >= 15 is 0 Å². The summed E-state index contributed by atoms with van der Waals surface area (Å²) >= 11 is 1.37. The highest BCUT2D eigenvalue weighted by molar-refractivity contribution is 7.12. The van der Waals surface area contributed by atoms with E-state index in [1.807, 2.05) is 89.1 Å². The van der Waals surface area contributed by atoms with Gasteiger partial charge in [-0.05, 0) is 53.6 Å². The van der Waals surface area contributed by atoms with Crippen LogP contribution in [0.4, 0.5) is 11.4 Å². The van der Waals surface area contributed by atoms with Crippen molar-refractivity contribution in [3.8, 4) is 0 Å². The zero-order valence-electron chi connectivity index (χ0n) is 24.7. The number of anilines is 2. The summed E-state index contributed by atoms with van der Waals surface area (Å²) in [7, 11) is 1.80. The zero-order chi connectivity index (χ0) is 30.2. The third-order valence-corrected chi connectivity index (χ3v) is 8.76. The number of carbonyl (C=O) groups excluding carboxylic acids is 3. The lowest BCUT2D eigenvalue weighted by molar-refractivity contribution is -0.132. The van der Waals surface area contributed by atoms with Crippen molar-refractivity contribution in [2.45, 2.75) is 32.2 Å². The molecule has 8 heteroatoms. The van der Waals surface area contributed by atoms with Crippen LogP contribution in [0.3, 0.4) is 0 Å². The molecule has 43 heavy (non-hydrogen) atoms. The predicted molar refractivity (Wildman–Crippen MR) is 174 cm³/mol. The Morgan fingerprint density at radius 2 is 1.63 bits per heavy atom. The van der Waals surface area contributed by atoms with E-state index in [0.717, 1.165) is 36.2 Å². The first-order chi connectivity index (χ1) is 20.9. The maximum atomic E-state index is 13.9. The van der Waals surface area contributed by atoms with Gasteiger partial charge in [-0.25, -0.2) is 0 Å². The molecule has 2 heterocycles. The Hall–Kier alpha value is -4.43. The standard InChI is InChI=1S/C35H38N4O3S/c1-3-29(27-14-8-5-9-15-27)35(42)39-20-11-19-38(21-22-39)31-18-17-28(36-33(40)32-16-10-23-43-32)24-30(31)34(41)37(2)25-26-12-6-4-7-13-26/h4-10,12-18,23-24,29H,3,11,19-22,25H2,1-2H3,(H,36,40). The van der Waals surface area contributed by atoms with E-state index in [1.165, 1.54) is 11.3 Å². The number of hydrogen-bond acceptors (Lipinski definition) is 5. The van der Waals surface area contributed by atoms with Gasteiger partial charge in [-0.1, -0.05) is 73.7 Å². The Morgan fingerprint density at radius 3 is 2.33 bits per heavy atom. The minimum atomic E-state index is -0.202. The minimum Gasteiger partial charge on any atom is -0.369 e. The average Bonchev–Trinajstić information content (AvgIpc) is 3.47. The molecule has 0 spiro atoms. The molecular formula is C35H38N4O3S. The maximum absolute atomic E-state index is 13.9. The van der Waals surface area contributed by atoms with Crippen molar-refractivity contribution < 1.29 is 14.4 Å². The molecule has 0 bridgehead atoms. The van der Waals surface area contributed by atoms with Crippen LogP contribution < -0.4 is 10.2 Å². The fourth-order valence-corrected chi connectivity index (χ4v) is 6.25. The Bertz CT molecular complexity index is 1530. The van der Waals surface area contributed by atoms with E-state index in [-0.39, 0.29) is 23.6 Å². The van der Waals surface area contributed by atoms with Crippen molar-refractivity contribution >= 4 is 40.4 Å². The number of hydrogen-bond donors (Lipinski definition) is 1. The van der Waals surface area contributed by atoms with Crippen molar-refractivity contribution in [2.24, 2.45) is 0 Å². The lowest BCUT2D eigenvalue weighted by Gasteiger charge is -2.28. The van der Waals surface area contributed by atoms with Crippen LogP contribution in [0.5, 0.6) is 0 Å². The van der Waals surface area contributed by atoms with Crippen LogP contribution in [0, 0.1) is 0 Å². The summed E-state index contributed by atoms with van der Waals surface area (Å²) in [5.41, 5.74) is 3.99. The van der Waals surface area contributed by atoms with Gasteiger partial charge in [-0.3, -0.25) is 14.4 Å². The predicted octanol–water partition coefficient (Wildman–Crippen LogP) is 6.51. The van der Waals surface area contributed by atoms with E-state index in [1.54, 1.807) is 24.1 Å². The Kier molecular flexibility index (Phi) is 9.89. The third-order valence-electron chi connectivity index (χ3n) is 7.90. The quantitative estimate of drug-likeness (QED) is 0.240. The lowest BCUT2D eigenvalue weighted by atomic mass is 9.95. The van der Waals surface area contributed by atoms with Gasteiger partial charge in [0, 0.05) is 51.1 Å². The maximum Gasteiger partial charge on any atom is 0.265 e. The Morgan fingerprint density at radius 1 is 0.884 bits per heavy atom. The van der Waals surface area contributed by atoms with Gasteiger partial charge in [0.1, 0.15) is 0 Å². The monoisotopic (exact) mass is 594 g/mol. The number of carbonyl (C=O) groups is 3.